The maximum absolute atomic E-state index is 12.3. The Hall–Kier alpha value is -2.21. The fourth-order valence-corrected chi connectivity index (χ4v) is 1.63. The second-order valence-electron chi connectivity index (χ2n) is 4.78. The van der Waals surface area contributed by atoms with Crippen LogP contribution >= 0.6 is 0 Å². The lowest BCUT2D eigenvalue weighted by Crippen LogP contribution is -2.31. The van der Waals surface area contributed by atoms with Gasteiger partial charge in [-0.05, 0) is 26.0 Å². The van der Waals surface area contributed by atoms with Gasteiger partial charge in [0.05, 0.1) is 12.7 Å². The van der Waals surface area contributed by atoms with E-state index < -0.39 is 5.97 Å². The SMILES string of the molecule is CC(C)OCCN(C)C(=O)c1ccncc1/C=C/C(=O)O. The molecule has 0 bridgehead atoms. The molecule has 6 heteroatoms. The Bertz CT molecular complexity index is 526. The van der Waals surface area contributed by atoms with E-state index in [1.807, 2.05) is 13.8 Å². The lowest BCUT2D eigenvalue weighted by atomic mass is 10.1. The normalized spacial score (nSPS) is 11.0. The summed E-state index contributed by atoms with van der Waals surface area (Å²) in [5.74, 6) is -1.27. The van der Waals surface area contributed by atoms with Crippen LogP contribution in [0.15, 0.2) is 24.5 Å². The van der Waals surface area contributed by atoms with E-state index in [0.29, 0.717) is 24.3 Å². The quantitative estimate of drug-likeness (QED) is 0.773. The van der Waals surface area contributed by atoms with Gasteiger partial charge < -0.3 is 14.7 Å². The van der Waals surface area contributed by atoms with Gasteiger partial charge in [0.15, 0.2) is 0 Å². The highest BCUT2D eigenvalue weighted by molar-refractivity contribution is 5.98. The molecule has 0 saturated carbocycles. The fraction of sp³-hybridized carbons (Fsp3) is 0.400. The van der Waals surface area contributed by atoms with Crippen LogP contribution in [0.1, 0.15) is 29.8 Å². The number of aliphatic carboxylic acids is 1. The van der Waals surface area contributed by atoms with Crippen LogP contribution in [-0.4, -0.2) is 53.2 Å². The molecule has 0 aromatic carbocycles. The Morgan fingerprint density at radius 3 is 2.81 bits per heavy atom. The van der Waals surface area contributed by atoms with E-state index in [1.54, 1.807) is 13.1 Å². The predicted octanol–water partition coefficient (Wildman–Crippen LogP) is 1.68. The number of hydrogen-bond donors (Lipinski definition) is 1. The molecule has 0 saturated heterocycles. The molecule has 0 aliphatic heterocycles. The predicted molar refractivity (Wildman–Crippen MR) is 79.0 cm³/mol. The Morgan fingerprint density at radius 1 is 1.48 bits per heavy atom. The van der Waals surface area contributed by atoms with Gasteiger partial charge in [-0.25, -0.2) is 4.79 Å². The lowest BCUT2D eigenvalue weighted by molar-refractivity contribution is -0.131. The van der Waals surface area contributed by atoms with Crippen molar-refractivity contribution in [1.82, 2.24) is 9.88 Å². The third-order valence-electron chi connectivity index (χ3n) is 2.71. The van der Waals surface area contributed by atoms with Crippen LogP contribution in [0, 0.1) is 0 Å². The maximum atomic E-state index is 12.3. The van der Waals surface area contributed by atoms with Gasteiger partial charge in [0, 0.05) is 43.2 Å². The van der Waals surface area contributed by atoms with Crippen molar-refractivity contribution >= 4 is 18.0 Å². The number of hydrogen-bond acceptors (Lipinski definition) is 4. The number of carbonyl (C=O) groups excluding carboxylic acids is 1. The number of carboxylic acid groups (broad SMARTS) is 1. The van der Waals surface area contributed by atoms with Crippen molar-refractivity contribution in [1.29, 1.82) is 0 Å². The smallest absolute Gasteiger partial charge is 0.328 e. The van der Waals surface area contributed by atoms with Crippen LogP contribution in [0.2, 0.25) is 0 Å². The minimum absolute atomic E-state index is 0.114. The maximum Gasteiger partial charge on any atom is 0.328 e. The Kier molecular flexibility index (Phi) is 6.55. The Balaban J connectivity index is 2.79. The van der Waals surface area contributed by atoms with E-state index in [4.69, 9.17) is 9.84 Å². The Morgan fingerprint density at radius 2 is 2.19 bits per heavy atom. The molecule has 0 spiro atoms. The molecule has 1 heterocycles. The topological polar surface area (TPSA) is 79.7 Å². The first-order valence-electron chi connectivity index (χ1n) is 6.64. The van der Waals surface area contributed by atoms with Gasteiger partial charge in [-0.1, -0.05) is 0 Å². The number of pyridine rings is 1. The van der Waals surface area contributed by atoms with E-state index in [-0.39, 0.29) is 12.0 Å². The number of nitrogens with zero attached hydrogens (tertiary/aromatic N) is 2. The van der Waals surface area contributed by atoms with Crippen molar-refractivity contribution in [2.45, 2.75) is 20.0 Å². The number of carboxylic acids is 1. The van der Waals surface area contributed by atoms with Crippen LogP contribution < -0.4 is 0 Å². The van der Waals surface area contributed by atoms with Gasteiger partial charge >= 0.3 is 5.97 Å². The molecule has 0 atom stereocenters. The van der Waals surface area contributed by atoms with Crippen molar-refractivity contribution in [2.75, 3.05) is 20.2 Å². The first kappa shape index (κ1) is 16.8. The summed E-state index contributed by atoms with van der Waals surface area (Å²) in [5.41, 5.74) is 0.885. The molecule has 21 heavy (non-hydrogen) atoms. The highest BCUT2D eigenvalue weighted by atomic mass is 16.5. The van der Waals surface area contributed by atoms with E-state index in [1.165, 1.54) is 23.4 Å². The van der Waals surface area contributed by atoms with E-state index >= 15 is 0 Å². The highest BCUT2D eigenvalue weighted by Crippen LogP contribution is 2.11. The van der Waals surface area contributed by atoms with Gasteiger partial charge in [-0.15, -0.1) is 0 Å². The summed E-state index contributed by atoms with van der Waals surface area (Å²) >= 11 is 0. The van der Waals surface area contributed by atoms with Crippen molar-refractivity contribution in [2.24, 2.45) is 0 Å². The van der Waals surface area contributed by atoms with Crippen LogP contribution in [0.3, 0.4) is 0 Å². The minimum Gasteiger partial charge on any atom is -0.478 e. The largest absolute Gasteiger partial charge is 0.478 e. The van der Waals surface area contributed by atoms with Crippen molar-refractivity contribution in [3.8, 4) is 0 Å². The molecule has 6 nitrogen and oxygen atoms in total. The summed E-state index contributed by atoms with van der Waals surface area (Å²) < 4.78 is 5.41. The monoisotopic (exact) mass is 292 g/mol. The molecule has 1 N–H and O–H groups in total. The average molecular weight is 292 g/mol. The second kappa shape index (κ2) is 8.16. The zero-order valence-corrected chi connectivity index (χ0v) is 12.4. The number of ether oxygens (including phenoxy) is 1. The molecule has 114 valence electrons. The van der Waals surface area contributed by atoms with Gasteiger partial charge in [0.1, 0.15) is 0 Å². The minimum atomic E-state index is -1.07. The summed E-state index contributed by atoms with van der Waals surface area (Å²) in [7, 11) is 1.68. The summed E-state index contributed by atoms with van der Waals surface area (Å²) in [6.45, 7) is 4.77. The van der Waals surface area contributed by atoms with Crippen LogP contribution in [-0.2, 0) is 9.53 Å². The van der Waals surface area contributed by atoms with Crippen molar-refractivity contribution in [3.63, 3.8) is 0 Å². The van der Waals surface area contributed by atoms with Gasteiger partial charge in [0.25, 0.3) is 5.91 Å². The van der Waals surface area contributed by atoms with Crippen LogP contribution in [0.4, 0.5) is 0 Å². The number of carbonyl (C=O) groups is 2. The van der Waals surface area contributed by atoms with Crippen LogP contribution in [0.5, 0.6) is 0 Å². The summed E-state index contributed by atoms with van der Waals surface area (Å²) in [6.07, 6.45) is 5.43. The van der Waals surface area contributed by atoms with Crippen molar-refractivity contribution in [3.05, 3.63) is 35.7 Å². The number of aromatic nitrogens is 1. The van der Waals surface area contributed by atoms with E-state index in [2.05, 4.69) is 4.98 Å². The molecule has 0 radical (unpaired) electrons. The first-order chi connectivity index (χ1) is 9.91. The van der Waals surface area contributed by atoms with Crippen LogP contribution in [0.25, 0.3) is 6.08 Å². The lowest BCUT2D eigenvalue weighted by Gasteiger charge is -2.19. The molecule has 0 fully saturated rings. The standard InChI is InChI=1S/C15H20N2O4/c1-11(2)21-9-8-17(3)15(20)13-6-7-16-10-12(13)4-5-14(18)19/h4-7,10-11H,8-9H2,1-3H3,(H,18,19)/b5-4+. The number of rotatable bonds is 7. The zero-order valence-electron chi connectivity index (χ0n) is 12.4. The molecule has 0 aliphatic rings. The molecule has 0 aliphatic carbocycles. The van der Waals surface area contributed by atoms with Gasteiger partial charge in [-0.3, -0.25) is 9.78 Å². The third kappa shape index (κ3) is 5.74. The van der Waals surface area contributed by atoms with Crippen molar-refractivity contribution < 1.29 is 19.4 Å². The molecule has 0 unspecified atom stereocenters. The highest BCUT2D eigenvalue weighted by Gasteiger charge is 2.14. The number of likely N-dealkylation sites (N-methyl/N-ethyl adjacent to an activating group) is 1. The second-order valence-corrected chi connectivity index (χ2v) is 4.78. The molecular formula is C15H20N2O4. The molecule has 1 aromatic rings. The fourth-order valence-electron chi connectivity index (χ4n) is 1.63. The molecule has 1 aromatic heterocycles. The molecular weight excluding hydrogens is 272 g/mol. The van der Waals surface area contributed by atoms with E-state index in [9.17, 15) is 9.59 Å². The molecule has 1 amide bonds. The summed E-state index contributed by atoms with van der Waals surface area (Å²) in [5, 5.41) is 8.66. The third-order valence-corrected chi connectivity index (χ3v) is 2.71. The first-order valence-corrected chi connectivity index (χ1v) is 6.64. The molecule has 1 rings (SSSR count). The number of amides is 1. The van der Waals surface area contributed by atoms with Gasteiger partial charge in [0.2, 0.25) is 0 Å². The summed E-state index contributed by atoms with van der Waals surface area (Å²) in [4.78, 5) is 28.4. The average Bonchev–Trinajstić information content (AvgIpc) is 2.44. The Labute approximate surface area is 124 Å². The van der Waals surface area contributed by atoms with Gasteiger partial charge in [-0.2, -0.15) is 0 Å². The summed E-state index contributed by atoms with van der Waals surface area (Å²) in [6, 6.07) is 1.57. The zero-order chi connectivity index (χ0) is 15.8. The van der Waals surface area contributed by atoms with E-state index in [0.717, 1.165) is 6.08 Å².